The highest BCUT2D eigenvalue weighted by molar-refractivity contribution is 6.06. The summed E-state index contributed by atoms with van der Waals surface area (Å²) in [5, 5.41) is 0. The van der Waals surface area contributed by atoms with Gasteiger partial charge in [-0.05, 0) is 12.8 Å². The number of amides is 2. The third-order valence-electron chi connectivity index (χ3n) is 3.50. The predicted octanol–water partition coefficient (Wildman–Crippen LogP) is -0.221. The van der Waals surface area contributed by atoms with Gasteiger partial charge in [-0.15, -0.1) is 0 Å². The summed E-state index contributed by atoms with van der Waals surface area (Å²) in [4.78, 5) is 24.5. The minimum atomic E-state index is -0.156. The van der Waals surface area contributed by atoms with E-state index >= 15 is 0 Å². The molecule has 4 nitrogen and oxygen atoms in total. The maximum atomic E-state index is 11.6. The van der Waals surface area contributed by atoms with Crippen molar-refractivity contribution in [1.29, 1.82) is 0 Å². The molecule has 0 aliphatic carbocycles. The Morgan fingerprint density at radius 2 is 1.62 bits per heavy atom. The lowest BCUT2D eigenvalue weighted by molar-refractivity contribution is -0.140. The van der Waals surface area contributed by atoms with Crippen LogP contribution in [0.25, 0.3) is 0 Å². The minimum absolute atomic E-state index is 0.0244. The molecule has 3 saturated heterocycles. The monoisotopic (exact) mass is 181 g/mol. The van der Waals surface area contributed by atoms with Crippen molar-refractivity contribution in [1.82, 2.24) is 4.90 Å². The zero-order valence-electron chi connectivity index (χ0n) is 7.40. The van der Waals surface area contributed by atoms with E-state index in [0.29, 0.717) is 0 Å². The lowest BCUT2D eigenvalue weighted by atomic mass is 9.81. The third kappa shape index (κ3) is 0.705. The fourth-order valence-electron chi connectivity index (χ4n) is 2.86. The standard InChI is InChI=1S/C9H11NO3/c1-10-8(11)6-4-2-3-5(13-4)7(6)9(10)12/h4-7H,2-3H2,1H3/t4-,5-,6-,7-/m0/s1. The molecule has 0 aromatic carbocycles. The van der Waals surface area contributed by atoms with Gasteiger partial charge in [0.1, 0.15) is 0 Å². The molecule has 3 rings (SSSR count). The maximum Gasteiger partial charge on any atom is 0.235 e. The van der Waals surface area contributed by atoms with Gasteiger partial charge in [-0.3, -0.25) is 14.5 Å². The van der Waals surface area contributed by atoms with Gasteiger partial charge in [-0.25, -0.2) is 0 Å². The average molecular weight is 181 g/mol. The first kappa shape index (κ1) is 7.50. The fraction of sp³-hybridized carbons (Fsp3) is 0.778. The Labute approximate surface area is 75.8 Å². The van der Waals surface area contributed by atoms with Crippen molar-refractivity contribution >= 4 is 11.8 Å². The highest BCUT2D eigenvalue weighted by Gasteiger charge is 2.61. The summed E-state index contributed by atoms with van der Waals surface area (Å²) in [5.74, 6) is -0.392. The van der Waals surface area contributed by atoms with Crippen LogP contribution < -0.4 is 0 Å². The number of likely N-dealkylation sites (tertiary alicyclic amines) is 1. The van der Waals surface area contributed by atoms with Gasteiger partial charge in [-0.2, -0.15) is 0 Å². The molecule has 4 atom stereocenters. The molecule has 13 heavy (non-hydrogen) atoms. The quantitative estimate of drug-likeness (QED) is 0.485. The van der Waals surface area contributed by atoms with Crippen LogP contribution in [0.1, 0.15) is 12.8 Å². The number of ether oxygens (including phenoxy) is 1. The third-order valence-corrected chi connectivity index (χ3v) is 3.50. The first-order valence-electron chi connectivity index (χ1n) is 4.67. The van der Waals surface area contributed by atoms with Crippen LogP contribution in [-0.2, 0) is 14.3 Å². The van der Waals surface area contributed by atoms with E-state index in [4.69, 9.17) is 4.74 Å². The molecular weight excluding hydrogens is 170 g/mol. The molecular formula is C9H11NO3. The van der Waals surface area contributed by atoms with Gasteiger partial charge in [-0.1, -0.05) is 0 Å². The summed E-state index contributed by atoms with van der Waals surface area (Å²) < 4.78 is 5.56. The summed E-state index contributed by atoms with van der Waals surface area (Å²) in [6, 6.07) is 0. The summed E-state index contributed by atoms with van der Waals surface area (Å²) in [5.41, 5.74) is 0. The van der Waals surface area contributed by atoms with Crippen LogP contribution in [0.5, 0.6) is 0 Å². The van der Waals surface area contributed by atoms with Gasteiger partial charge in [0, 0.05) is 7.05 Å². The number of imide groups is 1. The van der Waals surface area contributed by atoms with E-state index in [1.807, 2.05) is 0 Å². The number of nitrogens with zero attached hydrogens (tertiary/aromatic N) is 1. The molecule has 3 heterocycles. The summed E-state index contributed by atoms with van der Waals surface area (Å²) in [6.45, 7) is 0. The molecule has 0 spiro atoms. The number of hydrogen-bond donors (Lipinski definition) is 0. The molecule has 70 valence electrons. The van der Waals surface area contributed by atoms with Crippen molar-refractivity contribution in [3.05, 3.63) is 0 Å². The zero-order chi connectivity index (χ0) is 9.16. The van der Waals surface area contributed by atoms with Crippen molar-refractivity contribution in [2.75, 3.05) is 7.05 Å². The number of fused-ring (bicyclic) bond motifs is 5. The Hall–Kier alpha value is -0.900. The Balaban J connectivity index is 2.03. The molecule has 2 amide bonds. The smallest absolute Gasteiger partial charge is 0.235 e. The van der Waals surface area contributed by atoms with Crippen molar-refractivity contribution in [2.24, 2.45) is 11.8 Å². The Kier molecular flexibility index (Phi) is 1.22. The lowest BCUT2D eigenvalue weighted by Crippen LogP contribution is -2.30. The summed E-state index contributed by atoms with van der Waals surface area (Å²) in [6.07, 6.45) is 1.94. The zero-order valence-corrected chi connectivity index (χ0v) is 7.40. The van der Waals surface area contributed by atoms with Crippen LogP contribution in [-0.4, -0.2) is 36.0 Å². The molecule has 0 aromatic heterocycles. The number of carbonyl (C=O) groups is 2. The first-order valence-corrected chi connectivity index (χ1v) is 4.67. The van der Waals surface area contributed by atoms with E-state index in [1.165, 1.54) is 4.90 Å². The molecule has 0 aromatic rings. The van der Waals surface area contributed by atoms with Crippen LogP contribution in [0.2, 0.25) is 0 Å². The van der Waals surface area contributed by atoms with Gasteiger partial charge >= 0.3 is 0 Å². The van der Waals surface area contributed by atoms with Crippen LogP contribution >= 0.6 is 0 Å². The topological polar surface area (TPSA) is 46.6 Å². The van der Waals surface area contributed by atoms with E-state index < -0.39 is 0 Å². The van der Waals surface area contributed by atoms with E-state index in [-0.39, 0.29) is 35.9 Å². The SMILES string of the molecule is CN1C(=O)[C@@H]2[C@@H](C1=O)[C@@H]1CC[C@@H]2O1. The number of rotatable bonds is 0. The second-order valence-corrected chi connectivity index (χ2v) is 4.08. The maximum absolute atomic E-state index is 11.6. The molecule has 3 aliphatic heterocycles. The highest BCUT2D eigenvalue weighted by Crippen LogP contribution is 2.47. The highest BCUT2D eigenvalue weighted by atomic mass is 16.5. The van der Waals surface area contributed by atoms with Crippen LogP contribution in [0.4, 0.5) is 0 Å². The Bertz CT molecular complexity index is 273. The van der Waals surface area contributed by atoms with Crippen molar-refractivity contribution in [3.63, 3.8) is 0 Å². The normalized spacial score (nSPS) is 47.6. The van der Waals surface area contributed by atoms with Gasteiger partial charge < -0.3 is 4.74 Å². The van der Waals surface area contributed by atoms with Gasteiger partial charge in [0.25, 0.3) is 0 Å². The minimum Gasteiger partial charge on any atom is -0.373 e. The molecule has 0 saturated carbocycles. The number of hydrogen-bond acceptors (Lipinski definition) is 3. The predicted molar refractivity (Wildman–Crippen MR) is 42.7 cm³/mol. The van der Waals surface area contributed by atoms with Crippen molar-refractivity contribution < 1.29 is 14.3 Å². The summed E-state index contributed by atoms with van der Waals surface area (Å²) >= 11 is 0. The molecule has 3 fully saturated rings. The largest absolute Gasteiger partial charge is 0.373 e. The second-order valence-electron chi connectivity index (χ2n) is 4.08. The summed E-state index contributed by atoms with van der Waals surface area (Å²) in [7, 11) is 1.57. The average Bonchev–Trinajstić information content (AvgIpc) is 2.76. The Morgan fingerprint density at radius 1 is 1.15 bits per heavy atom. The van der Waals surface area contributed by atoms with Gasteiger partial charge in [0.05, 0.1) is 24.0 Å². The van der Waals surface area contributed by atoms with E-state index in [9.17, 15) is 9.59 Å². The van der Waals surface area contributed by atoms with Crippen LogP contribution in [0.3, 0.4) is 0 Å². The van der Waals surface area contributed by atoms with E-state index in [2.05, 4.69) is 0 Å². The van der Waals surface area contributed by atoms with Gasteiger partial charge in [0.15, 0.2) is 0 Å². The molecule has 0 N–H and O–H groups in total. The molecule has 0 radical (unpaired) electrons. The molecule has 4 heteroatoms. The van der Waals surface area contributed by atoms with E-state index in [0.717, 1.165) is 12.8 Å². The van der Waals surface area contributed by atoms with Gasteiger partial charge in [0.2, 0.25) is 11.8 Å². The van der Waals surface area contributed by atoms with Crippen LogP contribution in [0.15, 0.2) is 0 Å². The Morgan fingerprint density at radius 3 is 2.08 bits per heavy atom. The van der Waals surface area contributed by atoms with Crippen molar-refractivity contribution in [2.45, 2.75) is 25.0 Å². The first-order chi connectivity index (χ1) is 6.20. The van der Waals surface area contributed by atoms with Crippen LogP contribution in [0, 0.1) is 11.8 Å². The van der Waals surface area contributed by atoms with E-state index in [1.54, 1.807) is 7.05 Å². The lowest BCUT2D eigenvalue weighted by Gasteiger charge is -2.15. The van der Waals surface area contributed by atoms with Crippen molar-refractivity contribution in [3.8, 4) is 0 Å². The second kappa shape index (κ2) is 2.12. The molecule has 3 aliphatic rings. The molecule has 2 bridgehead atoms. The number of carbonyl (C=O) groups excluding carboxylic acids is 2. The fourth-order valence-corrected chi connectivity index (χ4v) is 2.86. The molecule has 0 unspecified atom stereocenters.